The van der Waals surface area contributed by atoms with Gasteiger partial charge < -0.3 is 45.4 Å². The van der Waals surface area contributed by atoms with Gasteiger partial charge in [0, 0.05) is 41.6 Å². The van der Waals surface area contributed by atoms with Crippen molar-refractivity contribution in [1.82, 2.24) is 20.4 Å². The lowest BCUT2D eigenvalue weighted by Gasteiger charge is -2.46. The number of thioether (sulfide) groups is 1. The number of aliphatic carboxylic acids is 2. The number of fused-ring (bicyclic) bond motifs is 1. The molecule has 0 radical (unpaired) electrons. The molecule has 3 amide bonds. The fourth-order valence-electron chi connectivity index (χ4n) is 6.34. The lowest BCUT2D eigenvalue weighted by molar-refractivity contribution is -0.163. The highest BCUT2D eigenvalue weighted by atomic mass is 32.2. The molecule has 0 spiro atoms. The number of carbonyl (C=O) groups is 5. The number of β-lactam (4-membered cyclic amide) rings is 1. The first-order chi connectivity index (χ1) is 21.7. The van der Waals surface area contributed by atoms with Crippen LogP contribution in [0.3, 0.4) is 0 Å². The maximum absolute atomic E-state index is 12.3. The van der Waals surface area contributed by atoms with Crippen LogP contribution < -0.4 is 10.6 Å². The number of amides is 3. The van der Waals surface area contributed by atoms with Gasteiger partial charge in [-0.25, -0.2) is 4.79 Å². The molecule has 3 saturated heterocycles. The molecule has 6 N–H and O–H groups in total. The quantitative estimate of drug-likeness (QED) is 0.144. The van der Waals surface area contributed by atoms with Crippen LogP contribution in [0, 0.1) is 11.8 Å². The molecule has 0 saturated carbocycles. The molecule has 3 fully saturated rings. The Labute approximate surface area is 275 Å². The molecule has 252 valence electrons. The average molecular weight is 681 g/mol. The standard InChI is InChI=1S/C17H25N3O5S.C12H16BNO5S/c1-7-12-11(8(2)21)16(23)20(12)13(17(24)25)14(7)26-9-5-10(18-6-9)15(22)19(3)4;15-11(7-9-2-1-5-20-9)14-10-4-3-8(6-12(16)17)19-13(10)18/h7-12,18,21H,5-6H2,1-4H3,(H,24,25);1-2,5,8,10,18H,3-4,6-7H2,(H,14,15)(H,16,17)/t7-,8-,9+,10+,11-,12-;8-,10-/m10/s1. The number of hydrogen-bond acceptors (Lipinski definition) is 11. The summed E-state index contributed by atoms with van der Waals surface area (Å²) in [6.45, 7) is 4.08. The number of thiophene rings is 1. The number of carboxylic acids is 2. The number of carbonyl (C=O) groups excluding carboxylic acids is 3. The van der Waals surface area contributed by atoms with Crippen LogP contribution in [-0.4, -0.2) is 123 Å². The summed E-state index contributed by atoms with van der Waals surface area (Å²) in [5.41, 5.74) is 0.0387. The number of likely N-dealkylation sites (N-methyl/N-ethyl adjacent to an activating group) is 1. The Balaban J connectivity index is 0.000000216. The lowest BCUT2D eigenvalue weighted by Crippen LogP contribution is -2.63. The molecule has 0 aromatic carbocycles. The van der Waals surface area contributed by atoms with Crippen molar-refractivity contribution in [2.24, 2.45) is 11.8 Å². The Hall–Kier alpha value is -2.96. The number of aliphatic hydroxyl groups excluding tert-OH is 1. The summed E-state index contributed by atoms with van der Waals surface area (Å²) in [6, 6.07) is 3.19. The molecule has 8 atom stereocenters. The van der Waals surface area contributed by atoms with Gasteiger partial charge in [-0.2, -0.15) is 0 Å². The number of rotatable bonds is 10. The SMILES string of the molecule is C[C@@H](O)[C@H]1C(=O)N2C(C(=O)O)=C(S[C@@H]3CN[C@H](C(=O)N(C)C)C3)[C@H](C)[C@H]12.O=C(O)C[C@@H]1CC[C@H](NC(=O)Cc2cccs2)B(O)O1. The Bertz CT molecular complexity index is 1340. The molecule has 5 heterocycles. The highest BCUT2D eigenvalue weighted by molar-refractivity contribution is 8.03. The molecule has 17 heteroatoms. The van der Waals surface area contributed by atoms with Crippen molar-refractivity contribution in [1.29, 1.82) is 0 Å². The second-order valence-electron chi connectivity index (χ2n) is 12.2. The summed E-state index contributed by atoms with van der Waals surface area (Å²) in [5, 5.41) is 45.9. The van der Waals surface area contributed by atoms with E-state index in [0.29, 0.717) is 30.7 Å². The number of carboxylic acid groups (broad SMARTS) is 2. The molecule has 46 heavy (non-hydrogen) atoms. The first-order valence-electron chi connectivity index (χ1n) is 15.2. The second-order valence-corrected chi connectivity index (χ2v) is 14.6. The van der Waals surface area contributed by atoms with E-state index in [-0.39, 0.29) is 59.5 Å². The number of nitrogens with zero attached hydrogens (tertiary/aromatic N) is 2. The van der Waals surface area contributed by atoms with Gasteiger partial charge in [-0.3, -0.25) is 19.2 Å². The topological polar surface area (TPSA) is 206 Å². The first kappa shape index (κ1) is 35.9. The van der Waals surface area contributed by atoms with Crippen molar-refractivity contribution >= 4 is 59.9 Å². The van der Waals surface area contributed by atoms with Crippen molar-refractivity contribution in [3.8, 4) is 0 Å². The predicted molar refractivity (Wildman–Crippen MR) is 170 cm³/mol. The Morgan fingerprint density at radius 1 is 1.26 bits per heavy atom. The van der Waals surface area contributed by atoms with Gasteiger partial charge in [0.2, 0.25) is 17.7 Å². The highest BCUT2D eigenvalue weighted by Gasteiger charge is 2.60. The van der Waals surface area contributed by atoms with Gasteiger partial charge in [-0.1, -0.05) is 13.0 Å². The van der Waals surface area contributed by atoms with Crippen molar-refractivity contribution in [3.63, 3.8) is 0 Å². The smallest absolute Gasteiger partial charge is 0.478 e. The zero-order chi connectivity index (χ0) is 33.9. The van der Waals surface area contributed by atoms with Crippen LogP contribution in [0.15, 0.2) is 28.1 Å². The largest absolute Gasteiger partial charge is 0.481 e. The normalized spacial score (nSPS) is 29.3. The molecular formula is C29H41BN4O10S2. The van der Waals surface area contributed by atoms with Gasteiger partial charge in [-0.15, -0.1) is 23.1 Å². The zero-order valence-electron chi connectivity index (χ0n) is 26.1. The van der Waals surface area contributed by atoms with E-state index in [0.717, 1.165) is 4.88 Å². The van der Waals surface area contributed by atoms with Gasteiger partial charge in [-0.05, 0) is 37.6 Å². The molecule has 5 rings (SSSR count). The van der Waals surface area contributed by atoms with E-state index in [1.165, 1.54) is 28.0 Å². The molecule has 0 aliphatic carbocycles. The van der Waals surface area contributed by atoms with Crippen LogP contribution in [0.1, 0.15) is 44.4 Å². The number of hydrogen-bond donors (Lipinski definition) is 6. The molecule has 1 aromatic heterocycles. The van der Waals surface area contributed by atoms with Crippen LogP contribution in [0.2, 0.25) is 0 Å². The van der Waals surface area contributed by atoms with Crippen molar-refractivity contribution in [3.05, 3.63) is 33.0 Å². The minimum absolute atomic E-state index is 0.00757. The molecule has 14 nitrogen and oxygen atoms in total. The predicted octanol–water partition coefficient (Wildman–Crippen LogP) is 0.141. The minimum atomic E-state index is -1.15. The summed E-state index contributed by atoms with van der Waals surface area (Å²) in [6.07, 6.45) is 0.479. The average Bonchev–Trinajstić information content (AvgIpc) is 3.70. The third-order valence-electron chi connectivity index (χ3n) is 8.57. The summed E-state index contributed by atoms with van der Waals surface area (Å²) >= 11 is 2.95. The van der Waals surface area contributed by atoms with E-state index in [1.54, 1.807) is 25.9 Å². The Kier molecular flexibility index (Phi) is 11.9. The Morgan fingerprint density at radius 3 is 2.54 bits per heavy atom. The van der Waals surface area contributed by atoms with E-state index < -0.39 is 43.1 Å². The molecule has 0 bridgehead atoms. The van der Waals surface area contributed by atoms with Crippen LogP contribution in [0.5, 0.6) is 0 Å². The molecule has 1 aromatic rings. The van der Waals surface area contributed by atoms with E-state index >= 15 is 0 Å². The third-order valence-corrected chi connectivity index (χ3v) is 11.0. The highest BCUT2D eigenvalue weighted by Crippen LogP contribution is 2.51. The van der Waals surface area contributed by atoms with Crippen molar-refractivity contribution in [2.75, 3.05) is 20.6 Å². The van der Waals surface area contributed by atoms with E-state index in [2.05, 4.69) is 10.6 Å². The minimum Gasteiger partial charge on any atom is -0.481 e. The molecule has 4 aliphatic rings. The number of aliphatic hydroxyl groups is 1. The zero-order valence-corrected chi connectivity index (χ0v) is 27.8. The molecular weight excluding hydrogens is 639 g/mol. The first-order valence-corrected chi connectivity index (χ1v) is 16.9. The monoisotopic (exact) mass is 680 g/mol. The molecule has 0 unspecified atom stereocenters. The van der Waals surface area contributed by atoms with Crippen LogP contribution in [0.25, 0.3) is 0 Å². The second kappa shape index (κ2) is 15.3. The Morgan fingerprint density at radius 2 is 1.98 bits per heavy atom. The van der Waals surface area contributed by atoms with Gasteiger partial charge in [0.25, 0.3) is 0 Å². The van der Waals surface area contributed by atoms with Crippen LogP contribution in [-0.2, 0) is 35.0 Å². The van der Waals surface area contributed by atoms with Gasteiger partial charge in [0.15, 0.2) is 0 Å². The van der Waals surface area contributed by atoms with Gasteiger partial charge in [0.1, 0.15) is 5.70 Å². The van der Waals surface area contributed by atoms with Gasteiger partial charge >= 0.3 is 19.1 Å². The maximum atomic E-state index is 12.3. The fraction of sp³-hybridized carbons (Fsp3) is 0.621. The van der Waals surface area contributed by atoms with Crippen LogP contribution in [0.4, 0.5) is 0 Å². The summed E-state index contributed by atoms with van der Waals surface area (Å²) in [7, 11) is 2.27. The number of nitrogens with one attached hydrogen (secondary N) is 2. The third kappa shape index (κ3) is 8.12. The molecule has 4 aliphatic heterocycles. The maximum Gasteiger partial charge on any atom is 0.478 e. The van der Waals surface area contributed by atoms with E-state index in [1.807, 2.05) is 24.4 Å². The summed E-state index contributed by atoms with van der Waals surface area (Å²) < 4.78 is 5.21. The van der Waals surface area contributed by atoms with E-state index in [4.69, 9.17) is 9.76 Å². The summed E-state index contributed by atoms with van der Waals surface area (Å²) in [4.78, 5) is 63.1. The lowest BCUT2D eigenvalue weighted by atomic mass is 9.72. The summed E-state index contributed by atoms with van der Waals surface area (Å²) in [5.74, 6) is -3.74. The van der Waals surface area contributed by atoms with Crippen LogP contribution >= 0.6 is 23.1 Å². The fourth-order valence-corrected chi connectivity index (χ4v) is 8.52. The van der Waals surface area contributed by atoms with Gasteiger partial charge in [0.05, 0.1) is 49.0 Å². The van der Waals surface area contributed by atoms with Crippen molar-refractivity contribution < 1.29 is 49.0 Å². The van der Waals surface area contributed by atoms with Crippen molar-refractivity contribution in [2.45, 2.75) is 81.4 Å². The van der Waals surface area contributed by atoms with E-state index in [9.17, 15) is 39.2 Å².